The van der Waals surface area contributed by atoms with E-state index in [1.165, 1.54) is 0 Å². The quantitative estimate of drug-likeness (QED) is 0.518. The second-order valence-corrected chi connectivity index (χ2v) is 8.15. The van der Waals surface area contributed by atoms with Crippen LogP contribution in [0.15, 0.2) is 65.2 Å². The number of nitrogens with zero attached hydrogens (tertiary/aromatic N) is 5. The third-order valence-electron chi connectivity index (χ3n) is 5.69. The molecule has 1 fully saturated rings. The minimum atomic E-state index is 0.0462. The van der Waals surface area contributed by atoms with Crippen molar-refractivity contribution in [2.75, 3.05) is 19.6 Å². The Balaban J connectivity index is 1.39. The molecule has 4 aromatic rings. The lowest BCUT2D eigenvalue weighted by Crippen LogP contribution is -2.51. The van der Waals surface area contributed by atoms with E-state index in [4.69, 9.17) is 9.40 Å². The molecule has 1 aliphatic rings. The minimum Gasteiger partial charge on any atom is -0.415 e. The summed E-state index contributed by atoms with van der Waals surface area (Å²) in [5.74, 6) is 0.799. The molecule has 5 rings (SSSR count). The molecule has 1 aliphatic heterocycles. The van der Waals surface area contributed by atoms with Gasteiger partial charge in [0.15, 0.2) is 0 Å². The molecule has 0 radical (unpaired) electrons. The molecule has 1 N–H and O–H groups in total. The summed E-state index contributed by atoms with van der Waals surface area (Å²) in [5, 5.41) is 11.7. The van der Waals surface area contributed by atoms with E-state index in [0.717, 1.165) is 17.7 Å². The molecule has 1 amide bonds. The molecule has 1 unspecified atom stereocenters. The van der Waals surface area contributed by atoms with E-state index < -0.39 is 0 Å². The molecule has 1 saturated heterocycles. The molecule has 166 valence electrons. The Morgan fingerprint density at radius 2 is 1.79 bits per heavy atom. The number of benzene rings is 2. The van der Waals surface area contributed by atoms with Crippen LogP contribution >= 0.6 is 0 Å². The van der Waals surface area contributed by atoms with Gasteiger partial charge in [0.25, 0.3) is 11.8 Å². The maximum absolute atomic E-state index is 12.8. The highest BCUT2D eigenvalue weighted by molar-refractivity contribution is 5.94. The second-order valence-electron chi connectivity index (χ2n) is 8.15. The topological polar surface area (TPSA) is 97.0 Å². The molecule has 0 spiro atoms. The Hall–Kier alpha value is -3.91. The van der Waals surface area contributed by atoms with Crippen LogP contribution in [-0.4, -0.2) is 56.6 Å². The van der Waals surface area contributed by atoms with Crippen LogP contribution in [0.2, 0.25) is 0 Å². The Labute approximate surface area is 191 Å². The van der Waals surface area contributed by atoms with Crippen LogP contribution in [0.25, 0.3) is 34.3 Å². The third kappa shape index (κ3) is 4.38. The zero-order valence-electron chi connectivity index (χ0n) is 18.5. The number of nitrogens with one attached hydrogen (secondary N) is 1. The van der Waals surface area contributed by atoms with Crippen LogP contribution < -0.4 is 5.32 Å². The summed E-state index contributed by atoms with van der Waals surface area (Å²) in [6.07, 6.45) is 1.71. The average molecular weight is 441 g/mol. The van der Waals surface area contributed by atoms with Gasteiger partial charge in [-0.2, -0.15) is 0 Å². The van der Waals surface area contributed by atoms with Crippen LogP contribution in [0, 0.1) is 6.92 Å². The predicted octanol–water partition coefficient (Wildman–Crippen LogP) is 3.60. The van der Waals surface area contributed by atoms with E-state index in [0.29, 0.717) is 53.6 Å². The number of amides is 1. The molecule has 33 heavy (non-hydrogen) atoms. The Bertz CT molecular complexity index is 1270. The predicted molar refractivity (Wildman–Crippen MR) is 124 cm³/mol. The number of hydrogen-bond acceptors (Lipinski definition) is 7. The van der Waals surface area contributed by atoms with E-state index in [1.54, 1.807) is 6.20 Å². The van der Waals surface area contributed by atoms with Gasteiger partial charge in [-0.1, -0.05) is 30.3 Å². The Morgan fingerprint density at radius 1 is 1.03 bits per heavy atom. The van der Waals surface area contributed by atoms with E-state index in [1.807, 2.05) is 66.4 Å². The van der Waals surface area contributed by atoms with E-state index in [2.05, 4.69) is 27.4 Å². The van der Waals surface area contributed by atoms with Crippen molar-refractivity contribution in [2.45, 2.75) is 19.9 Å². The smallest absolute Gasteiger partial charge is 0.268 e. The van der Waals surface area contributed by atoms with Gasteiger partial charge in [0.1, 0.15) is 5.69 Å². The number of piperazine rings is 1. The number of aryl methyl sites for hydroxylation is 1. The molecular weight excluding hydrogens is 416 g/mol. The first-order valence-corrected chi connectivity index (χ1v) is 10.9. The summed E-state index contributed by atoms with van der Waals surface area (Å²) in [4.78, 5) is 23.9. The summed E-state index contributed by atoms with van der Waals surface area (Å²) in [7, 11) is 0. The SMILES string of the molecule is Cc1ncc(-c2ccc(C(=O)N3CCNC(C)C3)cc2)nc1-c1nnc(-c2ccccc2)o1. The van der Waals surface area contributed by atoms with Crippen molar-refractivity contribution in [2.24, 2.45) is 0 Å². The zero-order valence-corrected chi connectivity index (χ0v) is 18.5. The Kier molecular flexibility index (Phi) is 5.66. The van der Waals surface area contributed by atoms with Crippen molar-refractivity contribution < 1.29 is 9.21 Å². The molecule has 1 atom stereocenters. The standard InChI is InChI=1S/C25H24N6O2/c1-16-15-31(13-12-26-16)25(32)20-10-8-18(9-11-20)21-14-27-17(2)22(28-21)24-30-29-23(33-24)19-6-4-3-5-7-19/h3-11,14,16,26H,12-13,15H2,1-2H3. The van der Waals surface area contributed by atoms with Gasteiger partial charge in [-0.3, -0.25) is 9.78 Å². The largest absolute Gasteiger partial charge is 0.415 e. The molecule has 2 aromatic heterocycles. The van der Waals surface area contributed by atoms with Crippen molar-refractivity contribution in [3.05, 3.63) is 72.1 Å². The van der Waals surface area contributed by atoms with Crippen molar-refractivity contribution in [1.82, 2.24) is 30.4 Å². The highest BCUT2D eigenvalue weighted by atomic mass is 16.4. The zero-order chi connectivity index (χ0) is 22.8. The molecule has 8 heteroatoms. The van der Waals surface area contributed by atoms with Crippen LogP contribution in [0.5, 0.6) is 0 Å². The molecule has 0 saturated carbocycles. The van der Waals surface area contributed by atoms with E-state index in [9.17, 15) is 4.79 Å². The molecule has 2 aromatic carbocycles. The first-order chi connectivity index (χ1) is 16.1. The molecular formula is C25H24N6O2. The third-order valence-corrected chi connectivity index (χ3v) is 5.69. The van der Waals surface area contributed by atoms with Crippen molar-refractivity contribution >= 4 is 5.91 Å². The summed E-state index contributed by atoms with van der Waals surface area (Å²) in [6, 6.07) is 17.4. The van der Waals surface area contributed by atoms with Crippen LogP contribution in [0.3, 0.4) is 0 Å². The van der Waals surface area contributed by atoms with Crippen molar-refractivity contribution in [3.8, 4) is 34.3 Å². The number of hydrogen-bond donors (Lipinski definition) is 1. The molecule has 0 aliphatic carbocycles. The lowest BCUT2D eigenvalue weighted by molar-refractivity contribution is 0.0709. The highest BCUT2D eigenvalue weighted by Gasteiger charge is 2.22. The minimum absolute atomic E-state index is 0.0462. The van der Waals surface area contributed by atoms with Crippen molar-refractivity contribution in [3.63, 3.8) is 0 Å². The van der Waals surface area contributed by atoms with Crippen LogP contribution in [0.1, 0.15) is 23.0 Å². The van der Waals surface area contributed by atoms with Gasteiger partial charge in [0.05, 0.1) is 17.6 Å². The van der Waals surface area contributed by atoms with Crippen molar-refractivity contribution in [1.29, 1.82) is 0 Å². The maximum atomic E-state index is 12.8. The summed E-state index contributed by atoms with van der Waals surface area (Å²) in [6.45, 7) is 6.18. The number of carbonyl (C=O) groups excluding carboxylic acids is 1. The fraction of sp³-hybridized carbons (Fsp3) is 0.240. The van der Waals surface area contributed by atoms with Gasteiger partial charge >= 0.3 is 0 Å². The van der Waals surface area contributed by atoms with Gasteiger partial charge in [0, 0.05) is 42.4 Å². The summed E-state index contributed by atoms with van der Waals surface area (Å²) in [5.41, 5.74) is 4.27. The fourth-order valence-corrected chi connectivity index (χ4v) is 3.89. The van der Waals surface area contributed by atoms with Gasteiger partial charge in [0.2, 0.25) is 5.89 Å². The highest BCUT2D eigenvalue weighted by Crippen LogP contribution is 2.26. The lowest BCUT2D eigenvalue weighted by atomic mass is 10.1. The van der Waals surface area contributed by atoms with Gasteiger partial charge < -0.3 is 14.6 Å². The Morgan fingerprint density at radius 3 is 2.55 bits per heavy atom. The maximum Gasteiger partial charge on any atom is 0.268 e. The summed E-state index contributed by atoms with van der Waals surface area (Å²) >= 11 is 0. The normalized spacial score (nSPS) is 16.1. The average Bonchev–Trinajstić information content (AvgIpc) is 3.35. The number of aromatic nitrogens is 4. The second kappa shape index (κ2) is 8.91. The monoisotopic (exact) mass is 440 g/mol. The number of rotatable bonds is 4. The molecule has 0 bridgehead atoms. The van der Waals surface area contributed by atoms with Crippen LogP contribution in [-0.2, 0) is 0 Å². The lowest BCUT2D eigenvalue weighted by Gasteiger charge is -2.32. The summed E-state index contributed by atoms with van der Waals surface area (Å²) < 4.78 is 5.87. The first-order valence-electron chi connectivity index (χ1n) is 10.9. The van der Waals surface area contributed by atoms with Gasteiger partial charge in [-0.15, -0.1) is 10.2 Å². The van der Waals surface area contributed by atoms with E-state index in [-0.39, 0.29) is 5.91 Å². The van der Waals surface area contributed by atoms with Crippen LogP contribution in [0.4, 0.5) is 0 Å². The fourth-order valence-electron chi connectivity index (χ4n) is 3.89. The molecule has 3 heterocycles. The molecule has 8 nitrogen and oxygen atoms in total. The number of carbonyl (C=O) groups is 1. The van der Waals surface area contributed by atoms with Gasteiger partial charge in [-0.05, 0) is 38.1 Å². The first kappa shape index (κ1) is 21.0. The van der Waals surface area contributed by atoms with E-state index >= 15 is 0 Å². The van der Waals surface area contributed by atoms with Gasteiger partial charge in [-0.25, -0.2) is 4.98 Å².